The molecule has 2 aliphatic rings. The van der Waals surface area contributed by atoms with E-state index in [2.05, 4.69) is 17.2 Å². The second kappa shape index (κ2) is 3.94. The van der Waals surface area contributed by atoms with Crippen LogP contribution in [-0.2, 0) is 0 Å². The average Bonchev–Trinajstić information content (AvgIpc) is 2.73. The molecule has 1 saturated heterocycles. The van der Waals surface area contributed by atoms with Gasteiger partial charge in [-0.15, -0.1) is 0 Å². The zero-order valence-electron chi connectivity index (χ0n) is 8.72. The zero-order valence-corrected chi connectivity index (χ0v) is 8.72. The lowest BCUT2D eigenvalue weighted by atomic mass is 10.3. The molecule has 14 heavy (non-hydrogen) atoms. The molecule has 0 aromatic heterocycles. The highest BCUT2D eigenvalue weighted by Crippen LogP contribution is 2.14. The van der Waals surface area contributed by atoms with Gasteiger partial charge in [-0.3, -0.25) is 9.89 Å². The first kappa shape index (κ1) is 10.0. The maximum Gasteiger partial charge on any atom is 0.168 e. The van der Waals surface area contributed by atoms with E-state index < -0.39 is 6.35 Å². The van der Waals surface area contributed by atoms with Crippen molar-refractivity contribution in [2.75, 3.05) is 19.8 Å². The lowest BCUT2D eigenvalue weighted by Gasteiger charge is -2.32. The summed E-state index contributed by atoms with van der Waals surface area (Å²) in [4.78, 5) is 8.22. The van der Waals surface area contributed by atoms with Gasteiger partial charge in [0.05, 0.1) is 6.67 Å². The molecule has 0 saturated carbocycles. The topological polar surface area (TPSA) is 51.1 Å². The standard InChI is InChI=1S/C9H18N4O/c1-7-5-12(6-11-7)9(14)13-4-3-10-8(13)2/h3,7-9,11,14H,4-6H2,1-2H3. The second-order valence-electron chi connectivity index (χ2n) is 4.04. The van der Waals surface area contributed by atoms with Gasteiger partial charge in [0, 0.05) is 25.3 Å². The highest BCUT2D eigenvalue weighted by atomic mass is 16.3. The molecule has 1 fully saturated rings. The van der Waals surface area contributed by atoms with Gasteiger partial charge in [-0.1, -0.05) is 0 Å². The van der Waals surface area contributed by atoms with Crippen molar-refractivity contribution in [1.82, 2.24) is 15.1 Å². The van der Waals surface area contributed by atoms with E-state index in [-0.39, 0.29) is 6.17 Å². The molecular weight excluding hydrogens is 180 g/mol. The van der Waals surface area contributed by atoms with Gasteiger partial charge in [-0.25, -0.2) is 4.90 Å². The first-order chi connectivity index (χ1) is 6.68. The summed E-state index contributed by atoms with van der Waals surface area (Å²) in [7, 11) is 0. The predicted molar refractivity (Wildman–Crippen MR) is 54.8 cm³/mol. The fourth-order valence-corrected chi connectivity index (χ4v) is 1.96. The Balaban J connectivity index is 1.91. The van der Waals surface area contributed by atoms with Crippen molar-refractivity contribution in [3.8, 4) is 0 Å². The maximum atomic E-state index is 10.1. The van der Waals surface area contributed by atoms with Gasteiger partial charge < -0.3 is 10.4 Å². The summed E-state index contributed by atoms with van der Waals surface area (Å²) >= 11 is 0. The molecule has 0 aliphatic carbocycles. The van der Waals surface area contributed by atoms with Crippen LogP contribution in [0.5, 0.6) is 0 Å². The highest BCUT2D eigenvalue weighted by Gasteiger charge is 2.31. The number of hydrogen-bond acceptors (Lipinski definition) is 5. The zero-order chi connectivity index (χ0) is 10.1. The minimum Gasteiger partial charge on any atom is -0.365 e. The van der Waals surface area contributed by atoms with E-state index in [9.17, 15) is 5.11 Å². The molecule has 0 amide bonds. The quantitative estimate of drug-likeness (QED) is 0.613. The largest absolute Gasteiger partial charge is 0.365 e. The summed E-state index contributed by atoms with van der Waals surface area (Å²) in [6.45, 7) is 6.51. The molecular formula is C9H18N4O. The van der Waals surface area contributed by atoms with Crippen molar-refractivity contribution in [1.29, 1.82) is 0 Å². The van der Waals surface area contributed by atoms with E-state index in [0.29, 0.717) is 6.04 Å². The summed E-state index contributed by atoms with van der Waals surface area (Å²) in [5, 5.41) is 13.4. The van der Waals surface area contributed by atoms with Crippen LogP contribution in [0.15, 0.2) is 4.99 Å². The number of nitrogens with zero attached hydrogens (tertiary/aromatic N) is 3. The minimum atomic E-state index is -0.509. The van der Waals surface area contributed by atoms with Crippen molar-refractivity contribution < 1.29 is 5.11 Å². The number of aliphatic hydroxyl groups is 1. The molecule has 0 aromatic carbocycles. The Kier molecular flexibility index (Phi) is 2.83. The van der Waals surface area contributed by atoms with E-state index in [1.54, 1.807) is 0 Å². The molecule has 0 radical (unpaired) electrons. The Morgan fingerprint density at radius 1 is 1.57 bits per heavy atom. The van der Waals surface area contributed by atoms with Crippen molar-refractivity contribution >= 4 is 6.21 Å². The molecule has 5 nitrogen and oxygen atoms in total. The molecule has 2 heterocycles. The monoisotopic (exact) mass is 198 g/mol. The van der Waals surface area contributed by atoms with Crippen molar-refractivity contribution in [3.05, 3.63) is 0 Å². The Hall–Kier alpha value is -0.490. The molecule has 0 aromatic rings. The summed E-state index contributed by atoms with van der Waals surface area (Å²) in [6, 6.07) is 0.462. The van der Waals surface area contributed by atoms with Crippen LogP contribution in [0.2, 0.25) is 0 Å². The highest BCUT2D eigenvalue weighted by molar-refractivity contribution is 5.62. The minimum absolute atomic E-state index is 0.0981. The first-order valence-corrected chi connectivity index (χ1v) is 5.11. The van der Waals surface area contributed by atoms with E-state index >= 15 is 0 Å². The van der Waals surface area contributed by atoms with Crippen molar-refractivity contribution in [3.63, 3.8) is 0 Å². The smallest absolute Gasteiger partial charge is 0.168 e. The number of hydrogen-bond donors (Lipinski definition) is 2. The Bertz CT molecular complexity index is 233. The lowest BCUT2D eigenvalue weighted by molar-refractivity contribution is -0.106. The van der Waals surface area contributed by atoms with Gasteiger partial charge in [0.15, 0.2) is 6.35 Å². The SMILES string of the molecule is CC1CN(C(O)N2CC=NC2C)CN1. The van der Waals surface area contributed by atoms with Crippen LogP contribution in [-0.4, -0.2) is 59.4 Å². The fourth-order valence-electron chi connectivity index (χ4n) is 1.96. The summed E-state index contributed by atoms with van der Waals surface area (Å²) < 4.78 is 0. The molecule has 0 bridgehead atoms. The summed E-state index contributed by atoms with van der Waals surface area (Å²) in [5.41, 5.74) is 0. The van der Waals surface area contributed by atoms with Crippen LogP contribution in [0.1, 0.15) is 13.8 Å². The second-order valence-corrected chi connectivity index (χ2v) is 4.04. The molecule has 2 aliphatic heterocycles. The predicted octanol–water partition coefficient (Wildman–Crippen LogP) is -0.754. The van der Waals surface area contributed by atoms with E-state index in [0.717, 1.165) is 19.8 Å². The molecule has 0 spiro atoms. The van der Waals surface area contributed by atoms with Crippen LogP contribution in [0, 0.1) is 0 Å². The van der Waals surface area contributed by atoms with Gasteiger partial charge in [-0.2, -0.15) is 0 Å². The average molecular weight is 198 g/mol. The van der Waals surface area contributed by atoms with Crippen LogP contribution in [0.4, 0.5) is 0 Å². The van der Waals surface area contributed by atoms with Crippen LogP contribution < -0.4 is 5.32 Å². The van der Waals surface area contributed by atoms with Crippen LogP contribution in [0.25, 0.3) is 0 Å². The van der Waals surface area contributed by atoms with E-state index in [1.807, 2.05) is 22.9 Å². The maximum absolute atomic E-state index is 10.1. The summed E-state index contributed by atoms with van der Waals surface area (Å²) in [5.74, 6) is 0. The third kappa shape index (κ3) is 1.81. The molecule has 2 rings (SSSR count). The third-order valence-electron chi connectivity index (χ3n) is 2.87. The van der Waals surface area contributed by atoms with Gasteiger partial charge in [0.2, 0.25) is 0 Å². The van der Waals surface area contributed by atoms with Gasteiger partial charge >= 0.3 is 0 Å². The van der Waals surface area contributed by atoms with Crippen LogP contribution in [0.3, 0.4) is 0 Å². The van der Waals surface area contributed by atoms with Crippen molar-refractivity contribution in [2.45, 2.75) is 32.4 Å². The van der Waals surface area contributed by atoms with E-state index in [1.165, 1.54) is 0 Å². The molecule has 80 valence electrons. The fraction of sp³-hybridized carbons (Fsp3) is 0.889. The number of nitrogens with one attached hydrogen (secondary N) is 1. The van der Waals surface area contributed by atoms with Gasteiger partial charge in [-0.05, 0) is 13.8 Å². The van der Waals surface area contributed by atoms with Gasteiger partial charge in [0.1, 0.15) is 6.17 Å². The van der Waals surface area contributed by atoms with Gasteiger partial charge in [0.25, 0.3) is 0 Å². The molecule has 3 atom stereocenters. The summed E-state index contributed by atoms with van der Waals surface area (Å²) in [6.07, 6.45) is 1.45. The number of aliphatic hydroxyl groups excluding tert-OH is 1. The number of rotatable bonds is 2. The molecule has 5 heteroatoms. The molecule has 2 N–H and O–H groups in total. The third-order valence-corrected chi connectivity index (χ3v) is 2.87. The Labute approximate surface area is 84.4 Å². The Morgan fingerprint density at radius 2 is 2.36 bits per heavy atom. The van der Waals surface area contributed by atoms with E-state index in [4.69, 9.17) is 0 Å². The van der Waals surface area contributed by atoms with Crippen LogP contribution >= 0.6 is 0 Å². The Morgan fingerprint density at radius 3 is 2.86 bits per heavy atom. The first-order valence-electron chi connectivity index (χ1n) is 5.11. The lowest BCUT2D eigenvalue weighted by Crippen LogP contribution is -2.49. The number of aliphatic imine (C=N–C) groups is 1. The normalized spacial score (nSPS) is 36.8. The van der Waals surface area contributed by atoms with Crippen molar-refractivity contribution in [2.24, 2.45) is 4.99 Å². The molecule has 3 unspecified atom stereocenters.